The van der Waals surface area contributed by atoms with Crippen LogP contribution in [0.1, 0.15) is 24.8 Å². The topological polar surface area (TPSA) is 26.7 Å². The Hall–Kier alpha value is -0.680. The number of benzene rings is 1. The smallest absolute Gasteiger partial charge is 0.142 e. The Morgan fingerprint density at radius 2 is 2.18 bits per heavy atom. The predicted molar refractivity (Wildman–Crippen MR) is 86.5 cm³/mol. The van der Waals surface area contributed by atoms with Crippen LogP contribution in [0.15, 0.2) is 18.2 Å². The van der Waals surface area contributed by atoms with Gasteiger partial charge in [-0.15, -0.1) is 0 Å². The van der Waals surface area contributed by atoms with Crippen molar-refractivity contribution in [2.24, 2.45) is 5.41 Å². The molecule has 2 atom stereocenters. The Bertz CT molecular complexity index is 541. The Kier molecular flexibility index (Phi) is 4.74. The van der Waals surface area contributed by atoms with Crippen LogP contribution in [-0.2, 0) is 6.54 Å². The molecule has 0 radical (unpaired) electrons. The van der Waals surface area contributed by atoms with Gasteiger partial charge in [0.15, 0.2) is 0 Å². The van der Waals surface area contributed by atoms with Crippen LogP contribution in [0.25, 0.3) is 0 Å². The van der Waals surface area contributed by atoms with Crippen molar-refractivity contribution in [3.05, 3.63) is 34.6 Å². The molecule has 1 aromatic carbocycles. The van der Waals surface area contributed by atoms with Gasteiger partial charge < -0.3 is 10.0 Å². The lowest BCUT2D eigenvalue weighted by Gasteiger charge is -2.53. The fourth-order valence-electron chi connectivity index (χ4n) is 4.13. The lowest BCUT2D eigenvalue weighted by molar-refractivity contribution is -0.0684. The number of nitrogens with zero attached hydrogens (tertiary/aromatic N) is 2. The van der Waals surface area contributed by atoms with Gasteiger partial charge >= 0.3 is 0 Å². The van der Waals surface area contributed by atoms with Gasteiger partial charge in [0, 0.05) is 24.5 Å². The SMILES string of the molecule is CN1CCC[C@]2(CO)CCN(Cc3cccc(F)c3Cl)C[C@@H]12. The fourth-order valence-corrected chi connectivity index (χ4v) is 4.32. The standard InChI is InChI=1S/C17H24ClFN2O/c1-20-8-3-6-17(12-22)7-9-21(11-15(17)20)10-13-4-2-5-14(19)16(13)18/h2,4-5,15,22H,3,6-12H2,1H3/t15-,17-/m1/s1. The number of likely N-dealkylation sites (tertiary alicyclic amines) is 2. The van der Waals surface area contributed by atoms with Crippen LogP contribution in [0, 0.1) is 11.2 Å². The van der Waals surface area contributed by atoms with E-state index in [2.05, 4.69) is 16.8 Å². The Labute approximate surface area is 136 Å². The average Bonchev–Trinajstić information content (AvgIpc) is 2.53. The second kappa shape index (κ2) is 6.44. The van der Waals surface area contributed by atoms with Gasteiger partial charge in [-0.05, 0) is 51.0 Å². The third kappa shape index (κ3) is 2.90. The molecule has 3 nitrogen and oxygen atoms in total. The van der Waals surface area contributed by atoms with Gasteiger partial charge in [-0.1, -0.05) is 23.7 Å². The van der Waals surface area contributed by atoms with E-state index >= 15 is 0 Å². The highest BCUT2D eigenvalue weighted by Gasteiger charge is 2.46. The largest absolute Gasteiger partial charge is 0.396 e. The third-order valence-electron chi connectivity index (χ3n) is 5.52. The summed E-state index contributed by atoms with van der Waals surface area (Å²) in [5.74, 6) is -0.351. The van der Waals surface area contributed by atoms with E-state index in [-0.39, 0.29) is 22.9 Å². The van der Waals surface area contributed by atoms with Crippen molar-refractivity contribution in [3.63, 3.8) is 0 Å². The molecule has 0 aromatic heterocycles. The molecule has 0 saturated carbocycles. The highest BCUT2D eigenvalue weighted by atomic mass is 35.5. The molecule has 2 aliphatic rings. The predicted octanol–water partition coefficient (Wildman–Crippen LogP) is 2.76. The number of piperidine rings is 2. The molecule has 2 saturated heterocycles. The summed E-state index contributed by atoms with van der Waals surface area (Å²) in [6, 6.07) is 5.37. The number of halogens is 2. The zero-order valence-corrected chi connectivity index (χ0v) is 13.8. The first kappa shape index (κ1) is 16.2. The number of aliphatic hydroxyl groups excluding tert-OH is 1. The maximum Gasteiger partial charge on any atom is 0.142 e. The first-order valence-electron chi connectivity index (χ1n) is 8.02. The van der Waals surface area contributed by atoms with Crippen molar-refractivity contribution >= 4 is 11.6 Å². The number of fused-ring (bicyclic) bond motifs is 1. The third-order valence-corrected chi connectivity index (χ3v) is 5.95. The molecule has 1 aromatic rings. The quantitative estimate of drug-likeness (QED) is 0.925. The number of hydrogen-bond donors (Lipinski definition) is 1. The minimum Gasteiger partial charge on any atom is -0.396 e. The molecule has 2 aliphatic heterocycles. The molecule has 2 heterocycles. The summed E-state index contributed by atoms with van der Waals surface area (Å²) in [5.41, 5.74) is 0.881. The van der Waals surface area contributed by atoms with Crippen molar-refractivity contribution < 1.29 is 9.50 Å². The number of aliphatic hydroxyl groups is 1. The maximum absolute atomic E-state index is 13.6. The Morgan fingerprint density at radius 1 is 1.36 bits per heavy atom. The highest BCUT2D eigenvalue weighted by molar-refractivity contribution is 6.31. The van der Waals surface area contributed by atoms with Crippen LogP contribution in [0.5, 0.6) is 0 Å². The van der Waals surface area contributed by atoms with Crippen LogP contribution >= 0.6 is 11.6 Å². The zero-order chi connectivity index (χ0) is 15.7. The molecule has 5 heteroatoms. The zero-order valence-electron chi connectivity index (χ0n) is 13.1. The summed E-state index contributed by atoms with van der Waals surface area (Å²) in [7, 11) is 2.15. The summed E-state index contributed by atoms with van der Waals surface area (Å²) >= 11 is 6.08. The monoisotopic (exact) mass is 326 g/mol. The summed E-state index contributed by atoms with van der Waals surface area (Å²) in [6.07, 6.45) is 3.25. The molecule has 3 rings (SSSR count). The minimum absolute atomic E-state index is 0.0369. The molecule has 122 valence electrons. The molecule has 0 spiro atoms. The van der Waals surface area contributed by atoms with E-state index in [9.17, 15) is 9.50 Å². The molecule has 22 heavy (non-hydrogen) atoms. The molecular formula is C17H24ClFN2O. The van der Waals surface area contributed by atoms with E-state index in [4.69, 9.17) is 11.6 Å². The van der Waals surface area contributed by atoms with Crippen LogP contribution in [-0.4, -0.2) is 54.2 Å². The van der Waals surface area contributed by atoms with E-state index in [1.54, 1.807) is 6.07 Å². The lowest BCUT2D eigenvalue weighted by Crippen LogP contribution is -2.61. The van der Waals surface area contributed by atoms with E-state index in [1.165, 1.54) is 6.07 Å². The summed E-state index contributed by atoms with van der Waals surface area (Å²) in [6.45, 7) is 3.85. The van der Waals surface area contributed by atoms with Crippen molar-refractivity contribution in [3.8, 4) is 0 Å². The second-order valence-electron chi connectivity index (χ2n) is 6.82. The molecule has 0 bridgehead atoms. The summed E-state index contributed by atoms with van der Waals surface area (Å²) in [5, 5.41) is 10.2. The first-order chi connectivity index (χ1) is 10.6. The molecule has 1 N–H and O–H groups in total. The van der Waals surface area contributed by atoms with Crippen molar-refractivity contribution in [2.75, 3.05) is 33.3 Å². The molecule has 0 aliphatic carbocycles. The second-order valence-corrected chi connectivity index (χ2v) is 7.20. The van der Waals surface area contributed by atoms with E-state index in [1.807, 2.05) is 6.07 Å². The fraction of sp³-hybridized carbons (Fsp3) is 0.647. The van der Waals surface area contributed by atoms with E-state index in [0.717, 1.165) is 44.5 Å². The molecule has 0 amide bonds. The number of rotatable bonds is 3. The van der Waals surface area contributed by atoms with Gasteiger partial charge in [0.05, 0.1) is 11.6 Å². The van der Waals surface area contributed by atoms with Gasteiger partial charge in [0.1, 0.15) is 5.82 Å². The first-order valence-corrected chi connectivity index (χ1v) is 8.40. The average molecular weight is 327 g/mol. The van der Waals surface area contributed by atoms with E-state index in [0.29, 0.717) is 12.6 Å². The molecule has 2 fully saturated rings. The number of likely N-dealkylation sites (N-methyl/N-ethyl adjacent to an activating group) is 1. The summed E-state index contributed by atoms with van der Waals surface area (Å²) < 4.78 is 13.6. The normalized spacial score (nSPS) is 30.3. The Balaban J connectivity index is 1.74. The molecular weight excluding hydrogens is 303 g/mol. The highest BCUT2D eigenvalue weighted by Crippen LogP contribution is 2.41. The Morgan fingerprint density at radius 3 is 2.95 bits per heavy atom. The van der Waals surface area contributed by atoms with Crippen molar-refractivity contribution in [1.82, 2.24) is 9.80 Å². The lowest BCUT2D eigenvalue weighted by atomic mass is 9.69. The van der Waals surface area contributed by atoms with Crippen LogP contribution in [0.2, 0.25) is 5.02 Å². The summed E-state index contributed by atoms with van der Waals surface area (Å²) in [4.78, 5) is 4.71. The minimum atomic E-state index is -0.351. The van der Waals surface area contributed by atoms with Crippen LogP contribution < -0.4 is 0 Å². The van der Waals surface area contributed by atoms with Crippen molar-refractivity contribution in [2.45, 2.75) is 31.8 Å². The maximum atomic E-state index is 13.6. The van der Waals surface area contributed by atoms with Gasteiger partial charge in [0.25, 0.3) is 0 Å². The van der Waals surface area contributed by atoms with E-state index < -0.39 is 0 Å². The van der Waals surface area contributed by atoms with Crippen LogP contribution in [0.4, 0.5) is 4.39 Å². The van der Waals surface area contributed by atoms with Gasteiger partial charge in [-0.2, -0.15) is 0 Å². The van der Waals surface area contributed by atoms with Gasteiger partial charge in [0.2, 0.25) is 0 Å². The van der Waals surface area contributed by atoms with Gasteiger partial charge in [-0.3, -0.25) is 4.90 Å². The molecule has 0 unspecified atom stereocenters. The van der Waals surface area contributed by atoms with Crippen LogP contribution in [0.3, 0.4) is 0 Å². The van der Waals surface area contributed by atoms with Gasteiger partial charge in [-0.25, -0.2) is 4.39 Å². The number of hydrogen-bond acceptors (Lipinski definition) is 3. The van der Waals surface area contributed by atoms with Crippen molar-refractivity contribution in [1.29, 1.82) is 0 Å².